The van der Waals surface area contributed by atoms with Crippen LogP contribution in [0.15, 0.2) is 24.3 Å². The molecule has 1 saturated heterocycles. The van der Waals surface area contributed by atoms with Gasteiger partial charge in [-0.25, -0.2) is 8.42 Å². The van der Waals surface area contributed by atoms with Gasteiger partial charge in [-0.3, -0.25) is 4.79 Å². The summed E-state index contributed by atoms with van der Waals surface area (Å²) < 4.78 is 31.8. The SMILES string of the molecule is CC(CN)C(=O)NCc1ccccc1CS(=O)(=O)N1CCOCC1.Cl. The van der Waals surface area contributed by atoms with Crippen LogP contribution in [0.4, 0.5) is 0 Å². The molecule has 2 rings (SSSR count). The van der Waals surface area contributed by atoms with Crippen LogP contribution in [0.1, 0.15) is 18.1 Å². The van der Waals surface area contributed by atoms with Crippen molar-refractivity contribution in [2.75, 3.05) is 32.8 Å². The Morgan fingerprint density at radius 3 is 2.48 bits per heavy atom. The van der Waals surface area contributed by atoms with Crippen LogP contribution in [0.25, 0.3) is 0 Å². The maximum Gasteiger partial charge on any atom is 0.224 e. The Morgan fingerprint density at radius 1 is 1.28 bits per heavy atom. The predicted octanol–water partition coefficient (Wildman–Crippen LogP) is 0.481. The van der Waals surface area contributed by atoms with E-state index in [9.17, 15) is 13.2 Å². The topological polar surface area (TPSA) is 102 Å². The van der Waals surface area contributed by atoms with Gasteiger partial charge < -0.3 is 15.8 Å². The Hall–Kier alpha value is -1.19. The van der Waals surface area contributed by atoms with Gasteiger partial charge in [0.1, 0.15) is 0 Å². The number of benzene rings is 1. The fraction of sp³-hybridized carbons (Fsp3) is 0.562. The molecule has 0 radical (unpaired) electrons. The number of carbonyl (C=O) groups excluding carboxylic acids is 1. The predicted molar refractivity (Wildman–Crippen MR) is 98.8 cm³/mol. The first kappa shape index (κ1) is 21.9. The molecule has 142 valence electrons. The first-order valence-electron chi connectivity index (χ1n) is 8.04. The Balaban J connectivity index is 0.00000312. The van der Waals surface area contributed by atoms with Crippen molar-refractivity contribution in [1.82, 2.24) is 9.62 Å². The Labute approximate surface area is 155 Å². The highest BCUT2D eigenvalue weighted by atomic mass is 35.5. The van der Waals surface area contributed by atoms with Crippen LogP contribution in [0, 0.1) is 5.92 Å². The van der Waals surface area contributed by atoms with Gasteiger partial charge in [-0.05, 0) is 11.1 Å². The number of morpholine rings is 1. The summed E-state index contributed by atoms with van der Waals surface area (Å²) in [5.74, 6) is -0.483. The van der Waals surface area contributed by atoms with Gasteiger partial charge in [0.2, 0.25) is 15.9 Å². The monoisotopic (exact) mass is 391 g/mol. The van der Waals surface area contributed by atoms with E-state index in [1.54, 1.807) is 19.1 Å². The molecule has 9 heteroatoms. The van der Waals surface area contributed by atoms with Crippen LogP contribution in [-0.2, 0) is 31.9 Å². The third kappa shape index (κ3) is 6.23. The van der Waals surface area contributed by atoms with Crippen LogP contribution in [0.2, 0.25) is 0 Å². The molecule has 1 amide bonds. The zero-order chi connectivity index (χ0) is 17.6. The molecule has 0 saturated carbocycles. The first-order chi connectivity index (χ1) is 11.4. The number of hydrogen-bond acceptors (Lipinski definition) is 5. The molecular weight excluding hydrogens is 366 g/mol. The zero-order valence-corrected chi connectivity index (χ0v) is 15.9. The lowest BCUT2D eigenvalue weighted by Crippen LogP contribution is -2.41. The van der Waals surface area contributed by atoms with Crippen LogP contribution < -0.4 is 11.1 Å². The highest BCUT2D eigenvalue weighted by Crippen LogP contribution is 2.16. The molecule has 1 aromatic carbocycles. The number of sulfonamides is 1. The summed E-state index contributed by atoms with van der Waals surface area (Å²) in [4.78, 5) is 11.9. The number of amides is 1. The Bertz CT molecular complexity index is 663. The molecular formula is C16H26ClN3O4S. The van der Waals surface area contributed by atoms with Crippen LogP contribution in [0.5, 0.6) is 0 Å². The summed E-state index contributed by atoms with van der Waals surface area (Å²) in [6.45, 7) is 3.94. The minimum Gasteiger partial charge on any atom is -0.379 e. The molecule has 25 heavy (non-hydrogen) atoms. The van der Waals surface area contributed by atoms with E-state index in [0.717, 1.165) is 5.56 Å². The van der Waals surface area contributed by atoms with Gasteiger partial charge in [0.05, 0.1) is 19.0 Å². The summed E-state index contributed by atoms with van der Waals surface area (Å²) >= 11 is 0. The second-order valence-corrected chi connectivity index (χ2v) is 7.86. The molecule has 1 fully saturated rings. The standard InChI is InChI=1S/C16H25N3O4S.ClH/c1-13(10-17)16(20)18-11-14-4-2-3-5-15(14)12-24(21,22)19-6-8-23-9-7-19;/h2-5,13H,6-12,17H2,1H3,(H,18,20);1H. The first-order valence-corrected chi connectivity index (χ1v) is 9.65. The quantitative estimate of drug-likeness (QED) is 0.704. The molecule has 3 N–H and O–H groups in total. The van der Waals surface area contributed by atoms with Crippen molar-refractivity contribution in [2.45, 2.75) is 19.2 Å². The van der Waals surface area contributed by atoms with Crippen LogP contribution in [-0.4, -0.2) is 51.5 Å². The van der Waals surface area contributed by atoms with Gasteiger partial charge in [0.15, 0.2) is 0 Å². The summed E-state index contributed by atoms with van der Waals surface area (Å²) in [6.07, 6.45) is 0. The molecule has 0 bridgehead atoms. The number of nitrogens with two attached hydrogens (primary N) is 1. The van der Waals surface area contributed by atoms with Crippen LogP contribution in [0.3, 0.4) is 0 Å². The molecule has 1 aromatic rings. The molecule has 0 aromatic heterocycles. The van der Waals surface area contributed by atoms with E-state index in [1.165, 1.54) is 4.31 Å². The molecule has 1 unspecified atom stereocenters. The van der Waals surface area contributed by atoms with Crippen molar-refractivity contribution in [3.63, 3.8) is 0 Å². The fourth-order valence-electron chi connectivity index (χ4n) is 2.45. The third-order valence-electron chi connectivity index (χ3n) is 4.07. The summed E-state index contributed by atoms with van der Waals surface area (Å²) in [6, 6.07) is 7.25. The number of halogens is 1. The van der Waals surface area contributed by atoms with Crippen molar-refractivity contribution in [3.05, 3.63) is 35.4 Å². The minimum atomic E-state index is -3.40. The number of nitrogens with zero attached hydrogens (tertiary/aromatic N) is 1. The number of ether oxygens (including phenoxy) is 1. The van der Waals surface area contributed by atoms with E-state index in [1.807, 2.05) is 12.1 Å². The molecule has 1 atom stereocenters. The van der Waals surface area contributed by atoms with Gasteiger partial charge in [0, 0.05) is 32.1 Å². The number of nitrogens with one attached hydrogen (secondary N) is 1. The van der Waals surface area contributed by atoms with E-state index >= 15 is 0 Å². The molecule has 1 aliphatic heterocycles. The third-order valence-corrected chi connectivity index (χ3v) is 5.90. The average molecular weight is 392 g/mol. The Morgan fingerprint density at radius 2 is 1.88 bits per heavy atom. The van der Waals surface area contributed by atoms with Gasteiger partial charge in [-0.1, -0.05) is 31.2 Å². The minimum absolute atomic E-state index is 0. The van der Waals surface area contributed by atoms with Crippen molar-refractivity contribution in [2.24, 2.45) is 11.7 Å². The van der Waals surface area contributed by atoms with E-state index in [-0.39, 0.29) is 43.1 Å². The number of rotatable bonds is 7. The number of hydrogen-bond donors (Lipinski definition) is 2. The highest BCUT2D eigenvalue weighted by Gasteiger charge is 2.25. The smallest absolute Gasteiger partial charge is 0.224 e. The second-order valence-electron chi connectivity index (χ2n) is 5.89. The normalized spacial score (nSPS) is 16.7. The van der Waals surface area contributed by atoms with Gasteiger partial charge >= 0.3 is 0 Å². The van der Waals surface area contributed by atoms with Crippen molar-refractivity contribution in [3.8, 4) is 0 Å². The fourth-order valence-corrected chi connectivity index (χ4v) is 4.01. The van der Waals surface area contributed by atoms with Crippen LogP contribution >= 0.6 is 12.4 Å². The summed E-state index contributed by atoms with van der Waals surface area (Å²) in [5, 5.41) is 2.81. The number of carbonyl (C=O) groups is 1. The molecule has 1 heterocycles. The maximum absolute atomic E-state index is 12.6. The van der Waals surface area contributed by atoms with Crippen molar-refractivity contribution < 1.29 is 17.9 Å². The van der Waals surface area contributed by atoms with Gasteiger partial charge in [-0.15, -0.1) is 12.4 Å². The van der Waals surface area contributed by atoms with E-state index in [2.05, 4.69) is 5.32 Å². The second kappa shape index (κ2) is 10.1. The van der Waals surface area contributed by atoms with E-state index in [4.69, 9.17) is 10.5 Å². The van der Waals surface area contributed by atoms with Gasteiger partial charge in [-0.2, -0.15) is 4.31 Å². The summed E-state index contributed by atoms with van der Waals surface area (Å²) in [7, 11) is -3.40. The lowest BCUT2D eigenvalue weighted by atomic mass is 10.1. The van der Waals surface area contributed by atoms with E-state index < -0.39 is 10.0 Å². The maximum atomic E-state index is 12.6. The molecule has 7 nitrogen and oxygen atoms in total. The largest absolute Gasteiger partial charge is 0.379 e. The van der Waals surface area contributed by atoms with Crippen molar-refractivity contribution >= 4 is 28.3 Å². The zero-order valence-electron chi connectivity index (χ0n) is 14.3. The van der Waals surface area contributed by atoms with Gasteiger partial charge in [0.25, 0.3) is 0 Å². The highest BCUT2D eigenvalue weighted by molar-refractivity contribution is 7.88. The average Bonchev–Trinajstić information content (AvgIpc) is 2.60. The van der Waals surface area contributed by atoms with Crippen molar-refractivity contribution in [1.29, 1.82) is 0 Å². The molecule has 0 aliphatic carbocycles. The lowest BCUT2D eigenvalue weighted by Gasteiger charge is -2.26. The molecule has 0 spiro atoms. The molecule has 1 aliphatic rings. The van der Waals surface area contributed by atoms with E-state index in [0.29, 0.717) is 31.9 Å². The Kier molecular flexibility index (Phi) is 8.81. The summed E-state index contributed by atoms with van der Waals surface area (Å²) in [5.41, 5.74) is 6.98. The lowest BCUT2D eigenvalue weighted by molar-refractivity contribution is -0.124.